The first-order valence-corrected chi connectivity index (χ1v) is 7.79. The van der Waals surface area contributed by atoms with Crippen LogP contribution in [-0.2, 0) is 23.1 Å². The largest absolute Gasteiger partial charge is 0.392 e. The lowest BCUT2D eigenvalue weighted by atomic mass is 10.1. The zero-order valence-corrected chi connectivity index (χ0v) is 12.0. The fourth-order valence-corrected chi connectivity index (χ4v) is 2.72. The summed E-state index contributed by atoms with van der Waals surface area (Å²) in [5, 5.41) is 8.77. The van der Waals surface area contributed by atoms with Gasteiger partial charge in [0.25, 0.3) is 10.0 Å². The van der Waals surface area contributed by atoms with Gasteiger partial charge in [0.05, 0.1) is 6.61 Å². The third kappa shape index (κ3) is 4.32. The molecule has 0 bridgehead atoms. The van der Waals surface area contributed by atoms with Crippen molar-refractivity contribution in [2.45, 2.75) is 18.1 Å². The molecule has 0 amide bonds. The van der Waals surface area contributed by atoms with Crippen molar-refractivity contribution in [3.05, 3.63) is 59.5 Å². The van der Waals surface area contributed by atoms with Crippen molar-refractivity contribution < 1.29 is 17.9 Å². The molecule has 112 valence electrons. The Balaban J connectivity index is 1.97. The number of nitrogens with zero attached hydrogens (tertiary/aromatic N) is 1. The first-order valence-electron chi connectivity index (χ1n) is 6.31. The molecule has 0 saturated heterocycles. The van der Waals surface area contributed by atoms with Gasteiger partial charge >= 0.3 is 0 Å². The quantitative estimate of drug-likeness (QED) is 0.841. The Labute approximate surface area is 122 Å². The molecule has 21 heavy (non-hydrogen) atoms. The highest BCUT2D eigenvalue weighted by atomic mass is 32.2. The van der Waals surface area contributed by atoms with Crippen LogP contribution in [0.15, 0.2) is 47.6 Å². The van der Waals surface area contributed by atoms with E-state index < -0.39 is 10.0 Å². The van der Waals surface area contributed by atoms with Gasteiger partial charge in [-0.05, 0) is 35.7 Å². The maximum absolute atomic E-state index is 13.0. The van der Waals surface area contributed by atoms with E-state index in [1.54, 1.807) is 12.1 Å². The molecule has 0 aliphatic carbocycles. The smallest absolute Gasteiger partial charge is 0.258 e. The lowest BCUT2D eigenvalue weighted by Crippen LogP contribution is -2.26. The number of sulfonamides is 1. The number of aliphatic hydroxyl groups excluding tert-OH is 1. The number of rotatable bonds is 6. The summed E-state index contributed by atoms with van der Waals surface area (Å²) in [6.07, 6.45) is 1.69. The van der Waals surface area contributed by atoms with Crippen molar-refractivity contribution in [2.24, 2.45) is 0 Å². The highest BCUT2D eigenvalue weighted by Gasteiger charge is 2.14. The van der Waals surface area contributed by atoms with E-state index >= 15 is 0 Å². The minimum absolute atomic E-state index is 0.112. The Hall–Kier alpha value is -1.83. The van der Waals surface area contributed by atoms with Crippen LogP contribution >= 0.6 is 0 Å². The van der Waals surface area contributed by atoms with Crippen LogP contribution < -0.4 is 4.72 Å². The Kier molecular flexibility index (Phi) is 5.00. The molecule has 0 spiro atoms. The summed E-state index contributed by atoms with van der Waals surface area (Å²) < 4.78 is 39.4. The molecule has 2 aromatic rings. The normalized spacial score (nSPS) is 11.5. The lowest BCUT2D eigenvalue weighted by Gasteiger charge is -2.06. The number of aromatic nitrogens is 1. The molecule has 2 N–H and O–H groups in total. The molecule has 0 unspecified atom stereocenters. The summed E-state index contributed by atoms with van der Waals surface area (Å²) in [6, 6.07) is 8.83. The third-order valence-electron chi connectivity index (χ3n) is 2.85. The predicted molar refractivity (Wildman–Crippen MR) is 75.5 cm³/mol. The van der Waals surface area contributed by atoms with Crippen LogP contribution in [0.2, 0.25) is 0 Å². The van der Waals surface area contributed by atoms with Crippen molar-refractivity contribution in [1.82, 2.24) is 9.71 Å². The minimum atomic E-state index is -3.70. The van der Waals surface area contributed by atoms with Crippen LogP contribution in [0, 0.1) is 5.82 Å². The predicted octanol–water partition coefficient (Wildman–Crippen LogP) is 1.23. The van der Waals surface area contributed by atoms with Crippen molar-refractivity contribution in [1.29, 1.82) is 0 Å². The van der Waals surface area contributed by atoms with Crippen LogP contribution in [0.5, 0.6) is 0 Å². The van der Waals surface area contributed by atoms with Gasteiger partial charge in [-0.2, -0.15) is 0 Å². The molecule has 2 rings (SSSR count). The molecule has 1 aromatic carbocycles. The van der Waals surface area contributed by atoms with Gasteiger partial charge in [-0.25, -0.2) is 22.5 Å². The molecule has 0 saturated carbocycles. The fraction of sp³-hybridized carbons (Fsp3) is 0.214. The number of benzene rings is 1. The molecule has 0 aliphatic heterocycles. The Morgan fingerprint density at radius 1 is 1.19 bits per heavy atom. The maximum atomic E-state index is 13.0. The third-order valence-corrected chi connectivity index (χ3v) is 4.23. The molecule has 5 nitrogen and oxygen atoms in total. The zero-order valence-electron chi connectivity index (χ0n) is 11.2. The van der Waals surface area contributed by atoms with Crippen LogP contribution in [-0.4, -0.2) is 25.1 Å². The monoisotopic (exact) mass is 310 g/mol. The molecule has 1 aromatic heterocycles. The molecular formula is C14H15FN2O3S. The summed E-state index contributed by atoms with van der Waals surface area (Å²) >= 11 is 0. The Morgan fingerprint density at radius 2 is 2.00 bits per heavy atom. The molecule has 0 aliphatic rings. The summed E-state index contributed by atoms with van der Waals surface area (Å²) in [7, 11) is -3.70. The van der Waals surface area contributed by atoms with Gasteiger partial charge in [0.2, 0.25) is 0 Å². The van der Waals surface area contributed by atoms with Gasteiger partial charge in [0, 0.05) is 12.7 Å². The van der Waals surface area contributed by atoms with Crippen molar-refractivity contribution in [3.63, 3.8) is 0 Å². The molecule has 7 heteroatoms. The second-order valence-corrected chi connectivity index (χ2v) is 6.15. The number of hydrogen-bond acceptors (Lipinski definition) is 4. The van der Waals surface area contributed by atoms with Gasteiger partial charge in [-0.1, -0.05) is 18.2 Å². The van der Waals surface area contributed by atoms with Crippen LogP contribution in [0.3, 0.4) is 0 Å². The van der Waals surface area contributed by atoms with Crippen molar-refractivity contribution in [3.8, 4) is 0 Å². The van der Waals surface area contributed by atoms with E-state index in [1.165, 1.54) is 30.5 Å². The lowest BCUT2D eigenvalue weighted by molar-refractivity contribution is 0.281. The Bertz CT molecular complexity index is 702. The van der Waals surface area contributed by atoms with Crippen LogP contribution in [0.25, 0.3) is 0 Å². The van der Waals surface area contributed by atoms with Crippen molar-refractivity contribution >= 4 is 10.0 Å². The minimum Gasteiger partial charge on any atom is -0.392 e. The van der Waals surface area contributed by atoms with E-state index in [-0.39, 0.29) is 24.0 Å². The zero-order chi connectivity index (χ0) is 15.3. The summed E-state index contributed by atoms with van der Waals surface area (Å²) in [6.45, 7) is -0.0461. The average molecular weight is 310 g/mol. The number of hydrogen-bond donors (Lipinski definition) is 2. The number of halogens is 1. The maximum Gasteiger partial charge on any atom is 0.258 e. The van der Waals surface area contributed by atoms with E-state index in [4.69, 9.17) is 5.11 Å². The highest BCUT2D eigenvalue weighted by Crippen LogP contribution is 2.08. The topological polar surface area (TPSA) is 79.3 Å². The van der Waals surface area contributed by atoms with Gasteiger partial charge in [-0.15, -0.1) is 0 Å². The van der Waals surface area contributed by atoms with Gasteiger partial charge in [-0.3, -0.25) is 0 Å². The highest BCUT2D eigenvalue weighted by molar-refractivity contribution is 7.89. The van der Waals surface area contributed by atoms with E-state index in [0.717, 1.165) is 0 Å². The van der Waals surface area contributed by atoms with Crippen LogP contribution in [0.1, 0.15) is 11.1 Å². The second-order valence-electron chi connectivity index (χ2n) is 4.44. The van der Waals surface area contributed by atoms with E-state index in [2.05, 4.69) is 9.71 Å². The van der Waals surface area contributed by atoms with E-state index in [0.29, 0.717) is 17.5 Å². The SMILES string of the molecule is O=S(=O)(NCCc1cccc(F)c1)c1ccc(CO)cn1. The summed E-state index contributed by atoms with van der Waals surface area (Å²) in [4.78, 5) is 3.79. The molecule has 0 atom stereocenters. The van der Waals surface area contributed by atoms with Gasteiger partial charge in [0.15, 0.2) is 5.03 Å². The van der Waals surface area contributed by atoms with E-state index in [9.17, 15) is 12.8 Å². The molecular weight excluding hydrogens is 295 g/mol. The van der Waals surface area contributed by atoms with Gasteiger partial charge < -0.3 is 5.11 Å². The first kappa shape index (κ1) is 15.6. The number of aliphatic hydroxyl groups is 1. The number of pyridine rings is 1. The van der Waals surface area contributed by atoms with E-state index in [1.807, 2.05) is 0 Å². The second kappa shape index (κ2) is 6.75. The average Bonchev–Trinajstić information content (AvgIpc) is 2.47. The molecule has 0 radical (unpaired) electrons. The van der Waals surface area contributed by atoms with Crippen molar-refractivity contribution in [2.75, 3.05) is 6.54 Å². The van der Waals surface area contributed by atoms with Crippen LogP contribution in [0.4, 0.5) is 4.39 Å². The molecule has 1 heterocycles. The fourth-order valence-electron chi connectivity index (χ4n) is 1.76. The summed E-state index contributed by atoms with van der Waals surface area (Å²) in [5.41, 5.74) is 1.25. The standard InChI is InChI=1S/C14H15FN2O3S/c15-13-3-1-2-11(8-13)6-7-17-21(19,20)14-5-4-12(10-18)9-16-14/h1-5,8-9,17-18H,6-7,10H2. The summed E-state index contributed by atoms with van der Waals surface area (Å²) in [5.74, 6) is -0.350. The van der Waals surface area contributed by atoms with Gasteiger partial charge in [0.1, 0.15) is 5.82 Å². The first-order chi connectivity index (χ1) is 10.0. The number of nitrogens with one attached hydrogen (secondary N) is 1. The Morgan fingerprint density at radius 3 is 2.62 bits per heavy atom. The molecule has 0 fully saturated rings.